The maximum absolute atomic E-state index is 13.1. The van der Waals surface area contributed by atoms with Crippen molar-refractivity contribution in [1.82, 2.24) is 14.3 Å². The van der Waals surface area contributed by atoms with E-state index in [9.17, 15) is 13.2 Å². The first-order chi connectivity index (χ1) is 15.8. The van der Waals surface area contributed by atoms with Crippen LogP contribution < -0.4 is 4.90 Å². The highest BCUT2D eigenvalue weighted by Gasteiger charge is 2.30. The fourth-order valence-electron chi connectivity index (χ4n) is 4.56. The van der Waals surface area contributed by atoms with Crippen LogP contribution in [0.25, 0.3) is 0 Å². The van der Waals surface area contributed by atoms with E-state index >= 15 is 0 Å². The summed E-state index contributed by atoms with van der Waals surface area (Å²) in [4.78, 5) is 24.6. The third-order valence-electron chi connectivity index (χ3n) is 6.84. The number of nitrogens with zero attached hydrogens (tertiary/aromatic N) is 4. The summed E-state index contributed by atoms with van der Waals surface area (Å²) in [5.74, 6) is 1.51. The minimum Gasteiger partial charge on any atom is -0.353 e. The first-order valence-electron chi connectivity index (χ1n) is 11.9. The third kappa shape index (κ3) is 5.61. The standard InChI is InChI=1S/C25H34N4O3S/c1-18-13-22(33(31,32)28(2)3)12-11-20(18)14-24(30)23-15-25(27-17-26-23)29(16-19-9-10-19)21-7-5-4-6-8-21/h11-13,15,17,19,21H,4-10,14,16H2,1-3H3. The summed E-state index contributed by atoms with van der Waals surface area (Å²) in [6.45, 7) is 2.85. The number of carbonyl (C=O) groups is 1. The molecular formula is C25H34N4O3S. The van der Waals surface area contributed by atoms with Gasteiger partial charge in [-0.05, 0) is 61.8 Å². The summed E-state index contributed by atoms with van der Waals surface area (Å²) in [6.07, 6.45) is 10.4. The third-order valence-corrected chi connectivity index (χ3v) is 8.65. The van der Waals surface area contributed by atoms with E-state index < -0.39 is 10.0 Å². The Kier molecular flexibility index (Phi) is 7.14. The topological polar surface area (TPSA) is 83.5 Å². The summed E-state index contributed by atoms with van der Waals surface area (Å²) in [5.41, 5.74) is 2.00. The highest BCUT2D eigenvalue weighted by molar-refractivity contribution is 7.89. The molecule has 0 bridgehead atoms. The predicted molar refractivity (Wildman–Crippen MR) is 129 cm³/mol. The molecule has 0 amide bonds. The van der Waals surface area contributed by atoms with Crippen LogP contribution in [-0.2, 0) is 16.4 Å². The molecular weight excluding hydrogens is 436 g/mol. The van der Waals surface area contributed by atoms with Crippen LogP contribution in [0.3, 0.4) is 0 Å². The van der Waals surface area contributed by atoms with Crippen LogP contribution in [0.15, 0.2) is 35.5 Å². The van der Waals surface area contributed by atoms with Gasteiger partial charge in [0.25, 0.3) is 0 Å². The summed E-state index contributed by atoms with van der Waals surface area (Å²) in [7, 11) is -0.488. The summed E-state index contributed by atoms with van der Waals surface area (Å²) in [6, 6.07) is 7.26. The number of Topliss-reactive ketones (excluding diaryl/α,β-unsaturated/α-hetero) is 1. The minimum absolute atomic E-state index is 0.0833. The number of sulfonamides is 1. The van der Waals surface area contributed by atoms with E-state index in [4.69, 9.17) is 0 Å². The molecule has 0 atom stereocenters. The van der Waals surface area contributed by atoms with Crippen LogP contribution in [0.4, 0.5) is 5.82 Å². The van der Waals surface area contributed by atoms with Crippen molar-refractivity contribution in [2.75, 3.05) is 25.5 Å². The molecule has 2 fully saturated rings. The fraction of sp³-hybridized carbons (Fsp3) is 0.560. The zero-order valence-electron chi connectivity index (χ0n) is 19.8. The first-order valence-corrected chi connectivity index (χ1v) is 13.3. The monoisotopic (exact) mass is 470 g/mol. The Hall–Kier alpha value is -2.32. The molecule has 33 heavy (non-hydrogen) atoms. The molecule has 0 unspecified atom stereocenters. The molecule has 8 heteroatoms. The lowest BCUT2D eigenvalue weighted by molar-refractivity contribution is 0.0988. The largest absolute Gasteiger partial charge is 0.353 e. The molecule has 1 aromatic carbocycles. The van der Waals surface area contributed by atoms with Gasteiger partial charge in [0.1, 0.15) is 17.8 Å². The van der Waals surface area contributed by atoms with Crippen LogP contribution in [0.2, 0.25) is 0 Å². The number of hydrogen-bond acceptors (Lipinski definition) is 6. The van der Waals surface area contributed by atoms with Gasteiger partial charge in [-0.15, -0.1) is 0 Å². The van der Waals surface area contributed by atoms with Gasteiger partial charge in [-0.1, -0.05) is 25.3 Å². The van der Waals surface area contributed by atoms with Crippen molar-refractivity contribution in [2.45, 2.75) is 69.2 Å². The molecule has 1 aromatic heterocycles. The lowest BCUT2D eigenvalue weighted by Gasteiger charge is -2.35. The van der Waals surface area contributed by atoms with E-state index in [0.717, 1.165) is 29.4 Å². The maximum Gasteiger partial charge on any atom is 0.242 e. The van der Waals surface area contributed by atoms with E-state index in [0.29, 0.717) is 11.7 Å². The molecule has 0 radical (unpaired) electrons. The summed E-state index contributed by atoms with van der Waals surface area (Å²) >= 11 is 0. The molecule has 4 rings (SSSR count). The van der Waals surface area contributed by atoms with Crippen LogP contribution in [-0.4, -0.2) is 55.2 Å². The molecule has 0 N–H and O–H groups in total. The fourth-order valence-corrected chi connectivity index (χ4v) is 5.55. The maximum atomic E-state index is 13.1. The van der Waals surface area contributed by atoms with Crippen molar-refractivity contribution in [3.63, 3.8) is 0 Å². The van der Waals surface area contributed by atoms with Crippen molar-refractivity contribution < 1.29 is 13.2 Å². The molecule has 2 aromatic rings. The van der Waals surface area contributed by atoms with E-state index in [1.165, 1.54) is 69.7 Å². The lowest BCUT2D eigenvalue weighted by atomic mass is 9.94. The van der Waals surface area contributed by atoms with Gasteiger partial charge in [-0.2, -0.15) is 0 Å². The van der Waals surface area contributed by atoms with Crippen molar-refractivity contribution in [3.05, 3.63) is 47.4 Å². The Balaban J connectivity index is 1.52. The van der Waals surface area contributed by atoms with Crippen molar-refractivity contribution in [2.24, 2.45) is 5.92 Å². The molecule has 2 saturated carbocycles. The number of hydrogen-bond donors (Lipinski definition) is 0. The number of ketones is 1. The van der Waals surface area contributed by atoms with Gasteiger partial charge in [0.15, 0.2) is 5.78 Å². The molecule has 7 nitrogen and oxygen atoms in total. The number of benzene rings is 1. The quantitative estimate of drug-likeness (QED) is 0.515. The number of carbonyl (C=O) groups excluding carboxylic acids is 1. The highest BCUT2D eigenvalue weighted by Crippen LogP contribution is 2.34. The van der Waals surface area contributed by atoms with E-state index in [-0.39, 0.29) is 17.1 Å². The molecule has 178 valence electrons. The van der Waals surface area contributed by atoms with Crippen LogP contribution in [0, 0.1) is 12.8 Å². The second-order valence-electron chi connectivity index (χ2n) is 9.62. The van der Waals surface area contributed by atoms with Crippen molar-refractivity contribution in [1.29, 1.82) is 0 Å². The van der Waals surface area contributed by atoms with Crippen LogP contribution in [0.1, 0.15) is 66.6 Å². The van der Waals surface area contributed by atoms with Crippen molar-refractivity contribution in [3.8, 4) is 0 Å². The summed E-state index contributed by atoms with van der Waals surface area (Å²) in [5, 5.41) is 0. The normalized spacial score (nSPS) is 17.3. The van der Waals surface area contributed by atoms with E-state index in [1.807, 2.05) is 13.0 Å². The molecule has 2 aliphatic rings. The van der Waals surface area contributed by atoms with Gasteiger partial charge in [0.05, 0.1) is 4.90 Å². The van der Waals surface area contributed by atoms with Gasteiger partial charge < -0.3 is 4.90 Å². The second-order valence-corrected chi connectivity index (χ2v) is 11.8. The Morgan fingerprint density at radius 3 is 2.39 bits per heavy atom. The first kappa shape index (κ1) is 23.8. The average molecular weight is 471 g/mol. The molecule has 0 aliphatic heterocycles. The van der Waals surface area contributed by atoms with Gasteiger partial charge in [-0.3, -0.25) is 4.79 Å². The molecule has 2 aliphatic carbocycles. The number of aromatic nitrogens is 2. The zero-order chi connectivity index (χ0) is 23.6. The van der Waals surface area contributed by atoms with Gasteiger partial charge in [0, 0.05) is 39.2 Å². The van der Waals surface area contributed by atoms with Crippen LogP contribution in [0.5, 0.6) is 0 Å². The summed E-state index contributed by atoms with van der Waals surface area (Å²) < 4.78 is 26.0. The Bertz CT molecular complexity index is 1110. The smallest absolute Gasteiger partial charge is 0.242 e. The zero-order valence-corrected chi connectivity index (χ0v) is 20.6. The van der Waals surface area contributed by atoms with Crippen LogP contribution >= 0.6 is 0 Å². The second kappa shape index (κ2) is 9.89. The van der Waals surface area contributed by atoms with E-state index in [2.05, 4.69) is 14.9 Å². The Labute approximate surface area is 197 Å². The number of aryl methyl sites for hydroxylation is 1. The Morgan fingerprint density at radius 2 is 1.76 bits per heavy atom. The van der Waals surface area contributed by atoms with Gasteiger partial charge >= 0.3 is 0 Å². The molecule has 0 spiro atoms. The average Bonchev–Trinajstić information content (AvgIpc) is 3.63. The predicted octanol–water partition coefficient (Wildman–Crippen LogP) is 4.01. The lowest BCUT2D eigenvalue weighted by Crippen LogP contribution is -2.39. The van der Waals surface area contributed by atoms with Crippen molar-refractivity contribution >= 4 is 21.6 Å². The van der Waals surface area contributed by atoms with E-state index in [1.54, 1.807) is 18.2 Å². The minimum atomic E-state index is -3.51. The molecule has 1 heterocycles. The SMILES string of the molecule is Cc1cc(S(=O)(=O)N(C)C)ccc1CC(=O)c1cc(N(CC2CC2)C2CCCCC2)ncn1. The Morgan fingerprint density at radius 1 is 1.03 bits per heavy atom. The number of anilines is 1. The number of rotatable bonds is 9. The highest BCUT2D eigenvalue weighted by atomic mass is 32.2. The van der Waals surface area contributed by atoms with Gasteiger partial charge in [0.2, 0.25) is 10.0 Å². The van der Waals surface area contributed by atoms with Gasteiger partial charge in [-0.25, -0.2) is 22.7 Å². The molecule has 0 saturated heterocycles.